The van der Waals surface area contributed by atoms with Gasteiger partial charge in [-0.05, 0) is 157 Å². The third-order valence-electron chi connectivity index (χ3n) is 13.1. The van der Waals surface area contributed by atoms with Crippen molar-refractivity contribution in [1.29, 1.82) is 0 Å². The first-order chi connectivity index (χ1) is 37.2. The van der Waals surface area contributed by atoms with E-state index in [0.717, 1.165) is 30.2 Å². The number of halogens is 2. The second kappa shape index (κ2) is 35.2. The summed E-state index contributed by atoms with van der Waals surface area (Å²) in [7, 11) is -0.387. The average Bonchev–Trinajstić information content (AvgIpc) is 3.38. The van der Waals surface area contributed by atoms with E-state index in [0.29, 0.717) is 22.9 Å². The molecule has 0 bridgehead atoms. The van der Waals surface area contributed by atoms with E-state index in [-0.39, 0.29) is 51.3 Å². The molecule has 8 aromatic rings. The highest BCUT2D eigenvalue weighted by molar-refractivity contribution is 7.20. The van der Waals surface area contributed by atoms with Gasteiger partial charge in [0.2, 0.25) is 0 Å². The number of phenolic OH excluding ortho intramolecular Hbond substituents is 6. The summed E-state index contributed by atoms with van der Waals surface area (Å²) in [6.07, 6.45) is 9.73. The van der Waals surface area contributed by atoms with E-state index < -0.39 is 7.38 Å². The van der Waals surface area contributed by atoms with Crippen molar-refractivity contribution in [2.75, 3.05) is 7.11 Å². The summed E-state index contributed by atoms with van der Waals surface area (Å²) in [5.74, 6) is 1.48. The van der Waals surface area contributed by atoms with E-state index >= 15 is 0 Å². The lowest BCUT2D eigenvalue weighted by molar-refractivity contribution is 0.399. The van der Waals surface area contributed by atoms with Crippen molar-refractivity contribution in [3.8, 4) is 34.5 Å². The van der Waals surface area contributed by atoms with Crippen LogP contribution in [0.1, 0.15) is 119 Å². The van der Waals surface area contributed by atoms with Crippen LogP contribution in [-0.2, 0) is 12.8 Å². The van der Waals surface area contributed by atoms with Crippen LogP contribution in [0.3, 0.4) is 0 Å². The number of aliphatic hydroxyl groups excluding tert-OH is 1. The van der Waals surface area contributed by atoms with Gasteiger partial charge in [-0.2, -0.15) is 11.1 Å². The van der Waals surface area contributed by atoms with Crippen LogP contribution in [0, 0.1) is 34.6 Å². The molecule has 0 aliphatic carbocycles. The number of phenols is 6. The summed E-state index contributed by atoms with van der Waals surface area (Å²) < 4.78 is 0. The molecule has 2 atom stereocenters. The highest BCUT2D eigenvalue weighted by atomic mass is 35.6. The molecule has 0 radical (unpaired) electrons. The molecule has 0 aliphatic rings. The van der Waals surface area contributed by atoms with E-state index in [1.54, 1.807) is 66.7 Å². The quantitative estimate of drug-likeness (QED) is 0.0379. The van der Waals surface area contributed by atoms with Crippen molar-refractivity contribution in [3.63, 3.8) is 0 Å². The topological polar surface area (TPSA) is 177 Å². The summed E-state index contributed by atoms with van der Waals surface area (Å²) in [5, 5.41) is 63.1. The van der Waals surface area contributed by atoms with Gasteiger partial charge in [0.15, 0.2) is 7.38 Å². The number of aromatic hydroxyl groups is 6. The van der Waals surface area contributed by atoms with E-state index in [1.807, 2.05) is 18.2 Å². The molecule has 0 saturated heterocycles. The average molecular weight is 1140 g/mol. The highest BCUT2D eigenvalue weighted by Gasteiger charge is 2.32. The molecule has 2 unspecified atom stereocenters. The lowest BCUT2D eigenvalue weighted by atomic mass is 9.92. The fraction of sp³-hybridized carbons (Fsp3) is 0.257. The minimum Gasteiger partial charge on any atom is -0.508 e. The summed E-state index contributed by atoms with van der Waals surface area (Å²) >= 11 is 6.15. The molecular weight excluding hydrogens is 1050 g/mol. The van der Waals surface area contributed by atoms with Crippen LogP contribution < -0.4 is 6.15 Å². The van der Waals surface area contributed by atoms with Gasteiger partial charge >= 0.3 is 0 Å². The molecule has 434 valence electrons. The molecule has 0 fully saturated rings. The van der Waals surface area contributed by atoms with Crippen molar-refractivity contribution in [3.05, 3.63) is 248 Å². The van der Waals surface area contributed by atoms with Crippen molar-refractivity contribution in [2.24, 2.45) is 0 Å². The van der Waals surface area contributed by atoms with Crippen LogP contribution in [0.4, 0.5) is 4.70 Å². The summed E-state index contributed by atoms with van der Waals surface area (Å²) in [4.78, 5) is 0. The van der Waals surface area contributed by atoms with E-state index in [2.05, 4.69) is 185 Å². The number of benzene rings is 8. The first-order valence-electron chi connectivity index (χ1n) is 26.6. The number of rotatable bonds is 10. The van der Waals surface area contributed by atoms with E-state index in [1.165, 1.54) is 62.2 Å². The Bertz CT molecular complexity index is 2960. The zero-order valence-corrected chi connectivity index (χ0v) is 51.5. The fourth-order valence-electron chi connectivity index (χ4n) is 7.74. The molecule has 8 aromatic carbocycles. The Morgan fingerprint density at radius 1 is 0.395 bits per heavy atom. The van der Waals surface area contributed by atoms with Gasteiger partial charge in [-0.15, -0.1) is 0 Å². The summed E-state index contributed by atoms with van der Waals surface area (Å²) in [6, 6.07) is 55.6. The van der Waals surface area contributed by atoms with Gasteiger partial charge in [-0.3, -0.25) is 4.70 Å². The second-order valence-corrected chi connectivity index (χ2v) is 28.9. The molecule has 0 spiro atoms. The molecule has 10 N–H and O–H groups in total. The van der Waals surface area contributed by atoms with Crippen molar-refractivity contribution >= 4 is 42.8 Å². The largest absolute Gasteiger partial charge is 0.508 e. The van der Waals surface area contributed by atoms with Crippen LogP contribution >= 0.6 is 11.1 Å². The Balaban J connectivity index is 0.000000508. The Labute approximate surface area is 488 Å². The Kier molecular flexibility index (Phi) is 31.0. The fourth-order valence-corrected chi connectivity index (χ4v) is 7.74. The normalized spacial score (nSPS) is 11.4. The van der Waals surface area contributed by atoms with Gasteiger partial charge in [-0.25, -0.2) is 0 Å². The predicted octanol–water partition coefficient (Wildman–Crippen LogP) is 18.7. The minimum atomic E-state index is -1.39. The predicted molar refractivity (Wildman–Crippen MR) is 346 cm³/mol. The van der Waals surface area contributed by atoms with Crippen molar-refractivity contribution in [2.45, 2.75) is 112 Å². The number of hydrogen-bond acceptors (Lipinski definition) is 8. The van der Waals surface area contributed by atoms with Gasteiger partial charge in [0.25, 0.3) is 0 Å². The molecular formula is C70H89ClFNO7Si. The smallest absolute Gasteiger partial charge is 0.155 e. The van der Waals surface area contributed by atoms with Crippen LogP contribution in [0.25, 0.3) is 24.3 Å². The highest BCUT2D eigenvalue weighted by Crippen LogP contribution is 2.38. The zero-order chi connectivity index (χ0) is 58.9. The maximum atomic E-state index is 9.42. The molecule has 0 aliphatic heterocycles. The van der Waals surface area contributed by atoms with Gasteiger partial charge in [0, 0.05) is 19.2 Å². The standard InChI is InChI=1S/C18H22.C16H16.C15H16O3.C14H12O3.C6H15ClSi.CH4O.FH.H3N/c1-13-5-7-18(8-6-13)16(4)12-17-10-14(2)9-15(3)11-17;1-13-6-8-15(9-7-13)10-11-16-5-3-4-14(2)12-16;1-10(12-2-4-13(16)5-3-12)6-11-7-14(17)9-15(18)8-11;15-12-5-3-10(4-6-12)1-2-11-7-13(16)9-14(17)8-11;1-6(2,3)8(4,5)7;1-2;;/h5-11,16H,12H2,1-4H3;3-12H,1-2H3;2-5,7-10,16-18H,6H2,1H3;1-9,15-17H;1-5H3;2H,1H3;1H;1H3/b;11-10+;;2-1+;;;;. The molecule has 8 nitrogen and oxygen atoms in total. The molecule has 11 heteroatoms. The molecule has 81 heavy (non-hydrogen) atoms. The summed E-state index contributed by atoms with van der Waals surface area (Å²) in [6.45, 7) is 26.0. The van der Waals surface area contributed by atoms with Crippen LogP contribution in [0.5, 0.6) is 34.5 Å². The first kappa shape index (κ1) is 71.4. The lowest BCUT2D eigenvalue weighted by Gasteiger charge is -2.29. The third-order valence-corrected chi connectivity index (χ3v) is 18.4. The van der Waals surface area contributed by atoms with Crippen molar-refractivity contribution in [1.82, 2.24) is 6.15 Å². The Hall–Kier alpha value is -7.60. The van der Waals surface area contributed by atoms with Crippen LogP contribution in [-0.4, -0.2) is 50.2 Å². The third kappa shape index (κ3) is 27.9. The van der Waals surface area contributed by atoms with Gasteiger partial charge in [-0.1, -0.05) is 215 Å². The second-order valence-electron chi connectivity index (χ2n) is 21.7. The molecule has 0 aromatic heterocycles. The molecule has 0 heterocycles. The summed E-state index contributed by atoms with van der Waals surface area (Å²) in [5.41, 5.74) is 15.6. The zero-order valence-electron chi connectivity index (χ0n) is 49.7. The maximum Gasteiger partial charge on any atom is 0.155 e. The van der Waals surface area contributed by atoms with Gasteiger partial charge in [0.1, 0.15) is 34.5 Å². The lowest BCUT2D eigenvalue weighted by Crippen LogP contribution is -2.29. The maximum absolute atomic E-state index is 9.42. The number of aryl methyl sites for hydroxylation is 5. The van der Waals surface area contributed by atoms with Crippen LogP contribution in [0.15, 0.2) is 176 Å². The Morgan fingerprint density at radius 2 is 0.728 bits per heavy atom. The Morgan fingerprint density at radius 3 is 1.14 bits per heavy atom. The minimum absolute atomic E-state index is 0. The van der Waals surface area contributed by atoms with Crippen molar-refractivity contribution < 1.29 is 40.5 Å². The number of hydrogen-bond donors (Lipinski definition) is 8. The molecule has 0 saturated carbocycles. The van der Waals surface area contributed by atoms with Crippen LogP contribution in [0.2, 0.25) is 18.1 Å². The molecule has 8 rings (SSSR count). The number of aliphatic hydroxyl groups is 1. The van der Waals surface area contributed by atoms with E-state index in [4.69, 9.17) is 21.3 Å². The van der Waals surface area contributed by atoms with E-state index in [9.17, 15) is 25.5 Å². The van der Waals surface area contributed by atoms with Gasteiger partial charge < -0.3 is 41.9 Å². The molecule has 0 amide bonds. The van der Waals surface area contributed by atoms with Gasteiger partial charge in [0.05, 0.1) is 0 Å². The first-order valence-corrected chi connectivity index (χ1v) is 30.6. The SMILES string of the molecule is CC(C)(C)[Si](C)(C)Cl.CC(Cc1cc(O)cc(O)c1)c1ccc(O)cc1.CO.Cc1ccc(/C=C/c2cccc(C)c2)cc1.Cc1ccc(C(C)Cc2cc(C)cc(C)c2)cc1.F.N.Oc1ccc(/C=C/c2cc(O)cc(O)c2)cc1. The monoisotopic (exact) mass is 1140 g/mol.